The van der Waals surface area contributed by atoms with E-state index in [4.69, 9.17) is 4.74 Å². The molecule has 0 atom stereocenters. The molecule has 128 valence electrons. The van der Waals surface area contributed by atoms with Crippen molar-refractivity contribution in [2.75, 3.05) is 0 Å². The highest BCUT2D eigenvalue weighted by atomic mass is 32.1. The van der Waals surface area contributed by atoms with Crippen molar-refractivity contribution in [3.05, 3.63) is 59.8 Å². The van der Waals surface area contributed by atoms with Gasteiger partial charge < -0.3 is 4.74 Å². The maximum atomic E-state index is 5.76. The number of ether oxygens (including phenoxy) is 1. The number of hydrogen-bond donors (Lipinski definition) is 0. The molecule has 0 bridgehead atoms. The highest BCUT2D eigenvalue weighted by molar-refractivity contribution is 7.26. The highest BCUT2D eigenvalue weighted by Crippen LogP contribution is 2.35. The summed E-state index contributed by atoms with van der Waals surface area (Å²) in [4.78, 5) is 14.9. The van der Waals surface area contributed by atoms with E-state index in [9.17, 15) is 0 Å². The van der Waals surface area contributed by atoms with Crippen LogP contribution in [0, 0.1) is 13.8 Å². The second-order valence-corrected chi connectivity index (χ2v) is 7.18. The van der Waals surface area contributed by atoms with Crippen LogP contribution in [0.25, 0.3) is 26.1 Å². The molecule has 26 heavy (non-hydrogen) atoms. The summed E-state index contributed by atoms with van der Waals surface area (Å²) in [6.07, 6.45) is 1.71. The summed E-state index contributed by atoms with van der Waals surface area (Å²) in [5.41, 5.74) is 3.92. The fourth-order valence-corrected chi connectivity index (χ4v) is 4.36. The molecule has 6 nitrogen and oxygen atoms in total. The second-order valence-electron chi connectivity index (χ2n) is 6.18. The Bertz CT molecular complexity index is 1260. The van der Waals surface area contributed by atoms with Crippen LogP contribution in [0.3, 0.4) is 0 Å². The van der Waals surface area contributed by atoms with Gasteiger partial charge >= 0.3 is 0 Å². The molecular weight excluding hydrogens is 346 g/mol. The van der Waals surface area contributed by atoms with Crippen LogP contribution >= 0.6 is 11.3 Å². The molecule has 0 amide bonds. The van der Waals surface area contributed by atoms with Gasteiger partial charge in [0.05, 0.1) is 5.52 Å². The summed E-state index contributed by atoms with van der Waals surface area (Å²) in [6, 6.07) is 11.8. The molecule has 0 saturated heterocycles. The van der Waals surface area contributed by atoms with Crippen LogP contribution in [0.2, 0.25) is 0 Å². The van der Waals surface area contributed by atoms with Crippen molar-refractivity contribution in [1.29, 1.82) is 0 Å². The number of benzene rings is 1. The van der Waals surface area contributed by atoms with E-state index in [1.165, 1.54) is 5.56 Å². The average molecular weight is 361 g/mol. The van der Waals surface area contributed by atoms with Crippen LogP contribution in [0.5, 0.6) is 5.75 Å². The van der Waals surface area contributed by atoms with Gasteiger partial charge in [-0.1, -0.05) is 18.2 Å². The molecule has 0 N–H and O–H groups in total. The summed E-state index contributed by atoms with van der Waals surface area (Å²) < 4.78 is 8.47. The zero-order valence-electron chi connectivity index (χ0n) is 14.3. The average Bonchev–Trinajstić information content (AvgIpc) is 3.21. The molecular formula is C19H15N5OS. The van der Waals surface area contributed by atoms with Crippen molar-refractivity contribution in [2.45, 2.75) is 20.5 Å². The van der Waals surface area contributed by atoms with Crippen molar-refractivity contribution in [3.8, 4) is 5.75 Å². The maximum Gasteiger partial charge on any atom is 0.189 e. The topological polar surface area (TPSA) is 65.2 Å². The Morgan fingerprint density at radius 3 is 2.81 bits per heavy atom. The lowest BCUT2D eigenvalue weighted by Crippen LogP contribution is -1.98. The smallest absolute Gasteiger partial charge is 0.189 e. The Morgan fingerprint density at radius 2 is 1.96 bits per heavy atom. The first kappa shape index (κ1) is 15.2. The molecule has 0 unspecified atom stereocenters. The Hall–Kier alpha value is -3.06. The van der Waals surface area contributed by atoms with E-state index in [-0.39, 0.29) is 0 Å². The summed E-state index contributed by atoms with van der Waals surface area (Å²) in [7, 11) is 0. The number of aromatic nitrogens is 5. The first-order valence-corrected chi connectivity index (χ1v) is 9.09. The number of pyridine rings is 1. The Kier molecular flexibility index (Phi) is 3.36. The monoisotopic (exact) mass is 361 g/mol. The lowest BCUT2D eigenvalue weighted by molar-refractivity contribution is 0.296. The lowest BCUT2D eigenvalue weighted by Gasteiger charge is -2.01. The van der Waals surface area contributed by atoms with Gasteiger partial charge in [-0.3, -0.25) is 0 Å². The summed E-state index contributed by atoms with van der Waals surface area (Å²) in [6.45, 7) is 4.42. The van der Waals surface area contributed by atoms with Crippen molar-refractivity contribution >= 4 is 37.4 Å². The van der Waals surface area contributed by atoms with E-state index >= 15 is 0 Å². The van der Waals surface area contributed by atoms with E-state index < -0.39 is 0 Å². The first-order valence-electron chi connectivity index (χ1n) is 8.27. The van der Waals surface area contributed by atoms with Gasteiger partial charge in [-0.15, -0.1) is 16.4 Å². The Labute approximate surface area is 153 Å². The Morgan fingerprint density at radius 1 is 1.12 bits per heavy atom. The molecule has 5 rings (SSSR count). The minimum Gasteiger partial charge on any atom is -0.486 e. The van der Waals surface area contributed by atoms with E-state index in [2.05, 4.69) is 33.0 Å². The van der Waals surface area contributed by atoms with Crippen molar-refractivity contribution in [1.82, 2.24) is 24.6 Å². The van der Waals surface area contributed by atoms with Gasteiger partial charge in [-0.25, -0.2) is 19.5 Å². The fraction of sp³-hybridized carbons (Fsp3) is 0.158. The molecule has 0 spiro atoms. The molecule has 0 radical (unpaired) electrons. The minimum atomic E-state index is 0.314. The number of para-hydroxylation sites is 1. The number of aryl methyl sites for hydroxylation is 2. The van der Waals surface area contributed by atoms with E-state index in [0.29, 0.717) is 12.4 Å². The SMILES string of the molecule is Cc1cc(C)c2c(n1)sc1c2ncn2nc(COc3ccccc3)nc12. The second kappa shape index (κ2) is 5.74. The summed E-state index contributed by atoms with van der Waals surface area (Å²) in [5, 5.41) is 5.59. The van der Waals surface area contributed by atoms with Gasteiger partial charge in [0.2, 0.25) is 0 Å². The van der Waals surface area contributed by atoms with Gasteiger partial charge in [0.25, 0.3) is 0 Å². The van der Waals surface area contributed by atoms with Crippen molar-refractivity contribution < 1.29 is 4.74 Å². The zero-order valence-corrected chi connectivity index (χ0v) is 15.1. The fourth-order valence-electron chi connectivity index (χ4n) is 3.14. The molecule has 1 aromatic carbocycles. The number of rotatable bonds is 3. The normalized spacial score (nSPS) is 11.6. The quantitative estimate of drug-likeness (QED) is 0.484. The molecule has 4 heterocycles. The van der Waals surface area contributed by atoms with Gasteiger partial charge in [0, 0.05) is 11.1 Å². The third kappa shape index (κ3) is 2.40. The van der Waals surface area contributed by atoms with Crippen LogP contribution in [-0.4, -0.2) is 24.6 Å². The van der Waals surface area contributed by atoms with Crippen molar-refractivity contribution in [3.63, 3.8) is 0 Å². The molecule has 0 aliphatic rings. The van der Waals surface area contributed by atoms with Crippen LogP contribution in [0.4, 0.5) is 0 Å². The molecule has 7 heteroatoms. The van der Waals surface area contributed by atoms with E-state index in [0.717, 1.165) is 37.5 Å². The Balaban J connectivity index is 1.61. The largest absolute Gasteiger partial charge is 0.486 e. The molecule has 0 aliphatic heterocycles. The molecule has 0 fully saturated rings. The molecule has 0 aliphatic carbocycles. The summed E-state index contributed by atoms with van der Waals surface area (Å²) >= 11 is 1.61. The predicted octanol–water partition coefficient (Wildman–Crippen LogP) is 4.08. The predicted molar refractivity (Wildman–Crippen MR) is 102 cm³/mol. The number of nitrogens with zero attached hydrogens (tertiary/aromatic N) is 5. The van der Waals surface area contributed by atoms with Crippen LogP contribution in [0.15, 0.2) is 42.7 Å². The minimum absolute atomic E-state index is 0.314. The van der Waals surface area contributed by atoms with Gasteiger partial charge in [0.15, 0.2) is 11.5 Å². The number of hydrogen-bond acceptors (Lipinski definition) is 6. The third-order valence-electron chi connectivity index (χ3n) is 4.25. The van der Waals surface area contributed by atoms with E-state index in [1.54, 1.807) is 22.2 Å². The lowest BCUT2D eigenvalue weighted by atomic mass is 10.1. The van der Waals surface area contributed by atoms with Crippen LogP contribution in [0.1, 0.15) is 17.1 Å². The van der Waals surface area contributed by atoms with Gasteiger partial charge in [-0.2, -0.15) is 0 Å². The third-order valence-corrected chi connectivity index (χ3v) is 5.32. The standard InChI is InChI=1S/C19H15N5OS/c1-11-8-12(2)21-19-15(11)16-17(26-19)18-22-14(23-24(18)10-20-16)9-25-13-6-4-3-5-7-13/h3-8,10H,9H2,1-2H3. The van der Waals surface area contributed by atoms with Crippen molar-refractivity contribution in [2.24, 2.45) is 0 Å². The van der Waals surface area contributed by atoms with Crippen LogP contribution in [-0.2, 0) is 6.61 Å². The van der Waals surface area contributed by atoms with Gasteiger partial charge in [0.1, 0.15) is 28.2 Å². The van der Waals surface area contributed by atoms with Gasteiger partial charge in [-0.05, 0) is 37.6 Å². The van der Waals surface area contributed by atoms with Crippen LogP contribution < -0.4 is 4.74 Å². The maximum absolute atomic E-state index is 5.76. The molecule has 4 aromatic heterocycles. The first-order chi connectivity index (χ1) is 12.7. The molecule has 0 saturated carbocycles. The number of thiophene rings is 1. The van der Waals surface area contributed by atoms with E-state index in [1.807, 2.05) is 37.3 Å². The summed E-state index contributed by atoms with van der Waals surface area (Å²) in [5.74, 6) is 1.42. The highest BCUT2D eigenvalue weighted by Gasteiger charge is 2.16. The number of fused-ring (bicyclic) bond motifs is 5. The molecule has 5 aromatic rings. The zero-order chi connectivity index (χ0) is 17.7.